The van der Waals surface area contributed by atoms with Gasteiger partial charge in [0.25, 0.3) is 0 Å². The summed E-state index contributed by atoms with van der Waals surface area (Å²) in [5.74, 6) is 1.70. The normalized spacial score (nSPS) is 23.6. The highest BCUT2D eigenvalue weighted by Gasteiger charge is 2.48. The zero-order valence-electron chi connectivity index (χ0n) is 31.4. The van der Waals surface area contributed by atoms with E-state index in [-0.39, 0.29) is 28.9 Å². The number of aliphatic hydroxyl groups is 2. The Labute approximate surface area is 313 Å². The maximum absolute atomic E-state index is 12.1. The second-order valence-corrected chi connectivity index (χ2v) is 16.7. The average molecular weight is 725 g/mol. The topological polar surface area (TPSA) is 124 Å². The summed E-state index contributed by atoms with van der Waals surface area (Å²) in [4.78, 5) is 14.4. The molecule has 2 bridgehead atoms. The van der Waals surface area contributed by atoms with Crippen LogP contribution in [-0.2, 0) is 16.8 Å². The summed E-state index contributed by atoms with van der Waals surface area (Å²) in [7, 11) is 0. The number of fused-ring (bicyclic) bond motifs is 4. The third kappa shape index (κ3) is 8.66. The molecule has 4 aliphatic rings. The van der Waals surface area contributed by atoms with Gasteiger partial charge in [-0.1, -0.05) is 61.4 Å². The van der Waals surface area contributed by atoms with Gasteiger partial charge >= 0.3 is 0 Å². The molecule has 3 atom stereocenters. The van der Waals surface area contributed by atoms with Gasteiger partial charge in [0, 0.05) is 48.7 Å². The van der Waals surface area contributed by atoms with E-state index < -0.39 is 11.7 Å². The van der Waals surface area contributed by atoms with Crippen LogP contribution in [-0.4, -0.2) is 82.4 Å². The van der Waals surface area contributed by atoms with Crippen LogP contribution in [0.3, 0.4) is 0 Å². The second-order valence-electron chi connectivity index (χ2n) is 16.7. The third-order valence-electron chi connectivity index (χ3n) is 12.5. The van der Waals surface area contributed by atoms with Crippen molar-refractivity contribution >= 4 is 10.9 Å². The fraction of sp³-hybridized carbons (Fsp3) is 0.523. The molecule has 3 aromatic carbocycles. The number of aromatic nitrogens is 1. The minimum absolute atomic E-state index is 0.0209. The highest BCUT2D eigenvalue weighted by Crippen LogP contribution is 2.43. The highest BCUT2D eigenvalue weighted by molar-refractivity contribution is 5.87. The van der Waals surface area contributed by atoms with Crippen LogP contribution in [0.4, 0.5) is 0 Å². The van der Waals surface area contributed by atoms with Crippen molar-refractivity contribution in [3.05, 3.63) is 106 Å². The number of quaternary nitrogens is 1. The van der Waals surface area contributed by atoms with Crippen LogP contribution in [0.2, 0.25) is 0 Å². The number of nitrogens with one attached hydrogen (secondary N) is 2. The van der Waals surface area contributed by atoms with Gasteiger partial charge in [0.15, 0.2) is 0 Å². The van der Waals surface area contributed by atoms with E-state index in [1.807, 2.05) is 30.3 Å². The van der Waals surface area contributed by atoms with Crippen molar-refractivity contribution in [3.8, 4) is 11.5 Å². The van der Waals surface area contributed by atoms with Crippen LogP contribution in [0.1, 0.15) is 81.6 Å². The number of ether oxygens (including phenoxy) is 2. The molecule has 5 N–H and O–H groups in total. The standard InChI is InChI=1S/C44H57N3O6/c1-43(2,45-28-39(49)36-17-19-38(48)42-37(36)18-20-41(50)46-42)27-31-13-15-35(16-14-31)52-26-8-23-47-24-21-32(22-25-47)40(29-47)53-30-44(51,34-11-6-7-12-34)33-9-4-3-5-10-33/h3-5,9-10,13-20,32,34,39-40,45,49,51H,6-8,11-12,21-30H2,1-2H3,(H-,46,48,50)/p+1/t32?,39-,40-,44?,47?/m0/s1. The van der Waals surface area contributed by atoms with Gasteiger partial charge in [0.2, 0.25) is 5.56 Å². The molecular formula is C44H58N3O6+. The zero-order chi connectivity index (χ0) is 37.1. The Hall–Kier alpha value is -3.73. The molecule has 53 heavy (non-hydrogen) atoms. The van der Waals surface area contributed by atoms with Crippen molar-refractivity contribution < 1.29 is 29.3 Å². The van der Waals surface area contributed by atoms with E-state index in [9.17, 15) is 20.1 Å². The number of hydrogen-bond donors (Lipinski definition) is 5. The first-order chi connectivity index (χ1) is 25.5. The number of aromatic hydroxyl groups is 1. The summed E-state index contributed by atoms with van der Waals surface area (Å²) >= 11 is 0. The Bertz CT molecular complexity index is 1860. The first-order valence-electron chi connectivity index (χ1n) is 19.8. The van der Waals surface area contributed by atoms with E-state index in [1.165, 1.54) is 56.5 Å². The quantitative estimate of drug-likeness (QED) is 0.0674. The van der Waals surface area contributed by atoms with Gasteiger partial charge in [-0.2, -0.15) is 0 Å². The zero-order valence-corrected chi connectivity index (χ0v) is 31.4. The van der Waals surface area contributed by atoms with Crippen LogP contribution in [0.25, 0.3) is 10.9 Å². The van der Waals surface area contributed by atoms with Crippen LogP contribution < -0.4 is 15.6 Å². The summed E-state index contributed by atoms with van der Waals surface area (Å²) in [6.45, 7) is 10.1. The van der Waals surface area contributed by atoms with Crippen molar-refractivity contribution in [2.75, 3.05) is 45.9 Å². The van der Waals surface area contributed by atoms with Crippen LogP contribution in [0.5, 0.6) is 11.5 Å². The maximum Gasteiger partial charge on any atom is 0.248 e. The highest BCUT2D eigenvalue weighted by atomic mass is 16.5. The second kappa shape index (κ2) is 15.9. The summed E-state index contributed by atoms with van der Waals surface area (Å²) < 4.78 is 14.1. The Balaban J connectivity index is 0.868. The molecular weight excluding hydrogens is 666 g/mol. The molecule has 0 amide bonds. The molecule has 4 heterocycles. The van der Waals surface area contributed by atoms with E-state index >= 15 is 0 Å². The Morgan fingerprint density at radius 1 is 0.943 bits per heavy atom. The molecule has 1 aliphatic carbocycles. The van der Waals surface area contributed by atoms with E-state index in [0.717, 1.165) is 54.6 Å². The minimum atomic E-state index is -0.915. The molecule has 284 valence electrons. The van der Waals surface area contributed by atoms with Crippen LogP contribution >= 0.6 is 0 Å². The van der Waals surface area contributed by atoms with Gasteiger partial charge in [0.05, 0.1) is 44.5 Å². The van der Waals surface area contributed by atoms with E-state index in [4.69, 9.17) is 9.47 Å². The number of pyridine rings is 1. The van der Waals surface area contributed by atoms with Gasteiger partial charge in [-0.3, -0.25) is 4.79 Å². The van der Waals surface area contributed by atoms with Gasteiger partial charge in [-0.05, 0) is 80.0 Å². The summed E-state index contributed by atoms with van der Waals surface area (Å²) in [5.41, 5.74) is 1.64. The van der Waals surface area contributed by atoms with Crippen molar-refractivity contribution in [3.63, 3.8) is 0 Å². The number of H-pyrrole nitrogens is 1. The predicted octanol–water partition coefficient (Wildman–Crippen LogP) is 6.35. The maximum atomic E-state index is 12.1. The van der Waals surface area contributed by atoms with Crippen LogP contribution in [0.15, 0.2) is 83.7 Å². The SMILES string of the molecule is CC(C)(Cc1ccc(OCCC[N+]23CCC(CC2)[C@@H](OCC(O)(c2ccccc2)C2CCCC2)C3)cc1)NC[C@H](O)c1ccc(O)c2[nH]c(=O)ccc12. The molecule has 3 saturated heterocycles. The Kier molecular flexibility index (Phi) is 11.3. The first-order valence-corrected chi connectivity index (χ1v) is 19.8. The number of phenolic OH excluding ortho intramolecular Hbond substituents is 1. The molecule has 9 heteroatoms. The van der Waals surface area contributed by atoms with E-state index in [2.05, 4.69) is 48.4 Å². The smallest absolute Gasteiger partial charge is 0.248 e. The molecule has 8 rings (SSSR count). The molecule has 1 aromatic heterocycles. The number of aliphatic hydroxyl groups excluding tert-OH is 1. The fourth-order valence-electron chi connectivity index (χ4n) is 9.42. The molecule has 0 spiro atoms. The lowest BCUT2D eigenvalue weighted by Crippen LogP contribution is -2.65. The Morgan fingerprint density at radius 3 is 2.42 bits per heavy atom. The lowest BCUT2D eigenvalue weighted by molar-refractivity contribution is -0.946. The molecule has 1 unspecified atom stereocenters. The third-order valence-corrected chi connectivity index (χ3v) is 12.5. The molecule has 3 aliphatic heterocycles. The van der Waals surface area contributed by atoms with Crippen molar-refractivity contribution in [1.29, 1.82) is 0 Å². The van der Waals surface area contributed by atoms with Crippen LogP contribution in [0, 0.1) is 11.8 Å². The molecule has 4 aromatic rings. The number of β-amino-alcohol motifs (C(OH)–C–C–N with tert-alkyl or cyclic N) is 1. The number of aromatic amines is 1. The summed E-state index contributed by atoms with van der Waals surface area (Å²) in [6, 6.07) is 24.8. The first kappa shape index (κ1) is 37.6. The molecule has 1 saturated carbocycles. The van der Waals surface area contributed by atoms with Gasteiger partial charge < -0.3 is 39.6 Å². The predicted molar refractivity (Wildman–Crippen MR) is 208 cm³/mol. The Morgan fingerprint density at radius 2 is 1.68 bits per heavy atom. The number of benzene rings is 3. The number of hydrogen-bond acceptors (Lipinski definition) is 7. The van der Waals surface area contributed by atoms with Crippen molar-refractivity contribution in [2.24, 2.45) is 11.8 Å². The largest absolute Gasteiger partial charge is 0.506 e. The number of rotatable bonds is 16. The van der Waals surface area contributed by atoms with E-state index in [1.54, 1.807) is 12.1 Å². The molecule has 9 nitrogen and oxygen atoms in total. The average Bonchev–Trinajstić information content (AvgIpc) is 3.73. The molecule has 0 radical (unpaired) electrons. The number of phenols is 1. The van der Waals surface area contributed by atoms with Gasteiger partial charge in [-0.15, -0.1) is 0 Å². The minimum Gasteiger partial charge on any atom is -0.506 e. The van der Waals surface area contributed by atoms with Crippen molar-refractivity contribution in [1.82, 2.24) is 10.3 Å². The van der Waals surface area contributed by atoms with Crippen molar-refractivity contribution in [2.45, 2.75) is 88.6 Å². The summed E-state index contributed by atoms with van der Waals surface area (Å²) in [5, 5.41) is 37.4. The lowest BCUT2D eigenvalue weighted by Gasteiger charge is -2.53. The van der Waals surface area contributed by atoms with Gasteiger partial charge in [0.1, 0.15) is 29.7 Å². The molecule has 4 fully saturated rings. The monoisotopic (exact) mass is 724 g/mol. The van der Waals surface area contributed by atoms with Gasteiger partial charge in [-0.25, -0.2) is 0 Å². The van der Waals surface area contributed by atoms with E-state index in [0.29, 0.717) is 42.1 Å². The lowest BCUT2D eigenvalue weighted by atomic mass is 9.80. The number of nitrogens with zero attached hydrogens (tertiary/aromatic N) is 1. The number of piperidine rings is 3. The summed E-state index contributed by atoms with van der Waals surface area (Å²) in [6.07, 6.45) is 8.03. The fourth-order valence-corrected chi connectivity index (χ4v) is 9.42.